The number of hydrogen-bond donors (Lipinski definition) is 0. The lowest BCUT2D eigenvalue weighted by molar-refractivity contribution is 0.473. The van der Waals surface area contributed by atoms with Gasteiger partial charge in [0.25, 0.3) is 0 Å². The highest BCUT2D eigenvalue weighted by atomic mass is 15.2. The average Bonchev–Trinajstić information content (AvgIpc) is 3.42. The topological polar surface area (TPSA) is 8.17 Å². The average molecular weight is 517 g/mol. The van der Waals surface area contributed by atoms with Crippen LogP contribution in [0.4, 0.5) is 11.4 Å². The van der Waals surface area contributed by atoms with E-state index in [0.29, 0.717) is 17.9 Å². The van der Waals surface area contributed by atoms with E-state index in [0.717, 1.165) is 6.42 Å². The van der Waals surface area contributed by atoms with Gasteiger partial charge in [-0.15, -0.1) is 0 Å². The predicted molar refractivity (Wildman–Crippen MR) is 169 cm³/mol. The molecule has 2 aliphatic rings. The van der Waals surface area contributed by atoms with Gasteiger partial charge in [0.1, 0.15) is 0 Å². The first-order valence-corrected chi connectivity index (χ1v) is 14.5. The molecule has 0 N–H and O–H groups in total. The highest BCUT2D eigenvalue weighted by molar-refractivity contribution is 6.10. The molecule has 0 amide bonds. The van der Waals surface area contributed by atoms with Crippen LogP contribution in [-0.4, -0.2) is 10.6 Å². The maximum absolute atomic E-state index is 2.62. The largest absolute Gasteiger partial charge is 0.333 e. The molecule has 8 rings (SSSR count). The standard InChI is InChI=1S/C38H32N2/c1-26-13-12-24-38-32(25-26)31-18-6-11-23-37(31)40(38)36-22-10-5-17-30(36)29-16-4-9-21-35(29)39-33-19-7-2-14-27(33)28-15-3-8-20-34(28)39/h2-12,14-24,26,32,38H,13,25H2,1H3/t26?,32?,38-/m0/s1. The second-order valence-corrected chi connectivity index (χ2v) is 11.4. The van der Waals surface area contributed by atoms with Gasteiger partial charge in [-0.25, -0.2) is 0 Å². The number of fused-ring (bicyclic) bond motifs is 6. The number of rotatable bonds is 3. The molecule has 0 saturated heterocycles. The zero-order valence-electron chi connectivity index (χ0n) is 22.7. The van der Waals surface area contributed by atoms with Crippen molar-refractivity contribution in [3.05, 3.63) is 139 Å². The minimum Gasteiger partial charge on any atom is -0.333 e. The first-order chi connectivity index (χ1) is 19.8. The quantitative estimate of drug-likeness (QED) is 0.212. The normalized spacial score (nSPS) is 20.0. The van der Waals surface area contributed by atoms with Crippen LogP contribution in [0.15, 0.2) is 133 Å². The van der Waals surface area contributed by atoms with Crippen molar-refractivity contribution in [1.29, 1.82) is 0 Å². The number of nitrogens with zero attached hydrogens (tertiary/aromatic N) is 2. The lowest BCUT2D eigenvalue weighted by Gasteiger charge is -2.30. The zero-order valence-corrected chi connectivity index (χ0v) is 22.7. The summed E-state index contributed by atoms with van der Waals surface area (Å²) >= 11 is 0. The van der Waals surface area contributed by atoms with Gasteiger partial charge in [-0.1, -0.05) is 110 Å². The second kappa shape index (κ2) is 9.27. The van der Waals surface area contributed by atoms with E-state index >= 15 is 0 Å². The van der Waals surface area contributed by atoms with E-state index in [1.165, 1.54) is 62.0 Å². The molecule has 40 heavy (non-hydrogen) atoms. The van der Waals surface area contributed by atoms with E-state index in [-0.39, 0.29) is 0 Å². The molecule has 1 aliphatic heterocycles. The fourth-order valence-corrected chi connectivity index (χ4v) is 7.29. The first kappa shape index (κ1) is 23.3. The molecule has 0 radical (unpaired) electrons. The summed E-state index contributed by atoms with van der Waals surface area (Å²) in [6.45, 7) is 2.40. The summed E-state index contributed by atoms with van der Waals surface area (Å²) in [5.74, 6) is 1.19. The molecule has 0 bridgehead atoms. The molecule has 5 aromatic carbocycles. The van der Waals surface area contributed by atoms with Crippen molar-refractivity contribution in [3.63, 3.8) is 0 Å². The fourth-order valence-electron chi connectivity index (χ4n) is 7.29. The molecule has 2 heterocycles. The van der Waals surface area contributed by atoms with Crippen molar-refractivity contribution < 1.29 is 0 Å². The van der Waals surface area contributed by atoms with Gasteiger partial charge in [0, 0.05) is 39.2 Å². The minimum atomic E-state index is 0.323. The van der Waals surface area contributed by atoms with Gasteiger partial charge in [0.2, 0.25) is 0 Å². The molecule has 1 aliphatic carbocycles. The molecular weight excluding hydrogens is 484 g/mol. The van der Waals surface area contributed by atoms with Crippen LogP contribution in [0.1, 0.15) is 31.2 Å². The Morgan fingerprint density at radius 3 is 1.85 bits per heavy atom. The van der Waals surface area contributed by atoms with Crippen molar-refractivity contribution in [3.8, 4) is 16.8 Å². The molecule has 194 valence electrons. The van der Waals surface area contributed by atoms with Crippen LogP contribution in [0.5, 0.6) is 0 Å². The van der Waals surface area contributed by atoms with Crippen LogP contribution in [0.25, 0.3) is 38.6 Å². The van der Waals surface area contributed by atoms with Crippen molar-refractivity contribution in [2.24, 2.45) is 5.92 Å². The van der Waals surface area contributed by atoms with Crippen LogP contribution >= 0.6 is 0 Å². The Bertz CT molecular complexity index is 1860. The van der Waals surface area contributed by atoms with Crippen LogP contribution in [0.3, 0.4) is 0 Å². The van der Waals surface area contributed by atoms with Crippen LogP contribution in [0.2, 0.25) is 0 Å². The van der Waals surface area contributed by atoms with Crippen molar-refractivity contribution >= 4 is 33.2 Å². The van der Waals surface area contributed by atoms with Gasteiger partial charge in [-0.3, -0.25) is 0 Å². The summed E-state index contributed by atoms with van der Waals surface area (Å²) in [7, 11) is 0. The molecular formula is C38H32N2. The minimum absolute atomic E-state index is 0.323. The molecule has 1 aromatic heterocycles. The van der Waals surface area contributed by atoms with E-state index in [1.54, 1.807) is 0 Å². The number of para-hydroxylation sites is 5. The van der Waals surface area contributed by atoms with E-state index in [1.807, 2.05) is 0 Å². The molecule has 2 nitrogen and oxygen atoms in total. The van der Waals surface area contributed by atoms with Crippen molar-refractivity contribution in [1.82, 2.24) is 4.57 Å². The van der Waals surface area contributed by atoms with Gasteiger partial charge in [0.05, 0.1) is 22.8 Å². The Hall–Kier alpha value is -4.56. The Labute approximate surface area is 235 Å². The third kappa shape index (κ3) is 3.49. The number of aromatic nitrogens is 1. The summed E-state index contributed by atoms with van der Waals surface area (Å²) < 4.78 is 2.45. The van der Waals surface area contributed by atoms with Crippen LogP contribution in [0, 0.1) is 5.92 Å². The summed E-state index contributed by atoms with van der Waals surface area (Å²) in [5.41, 5.74) is 10.3. The zero-order chi connectivity index (χ0) is 26.6. The molecule has 0 fully saturated rings. The van der Waals surface area contributed by atoms with E-state index in [9.17, 15) is 0 Å². The Morgan fingerprint density at radius 1 is 0.575 bits per heavy atom. The van der Waals surface area contributed by atoms with Crippen LogP contribution in [-0.2, 0) is 0 Å². The summed E-state index contributed by atoms with van der Waals surface area (Å²) in [4.78, 5) is 2.62. The number of hydrogen-bond acceptors (Lipinski definition) is 1. The lowest BCUT2D eigenvalue weighted by atomic mass is 9.87. The van der Waals surface area contributed by atoms with Crippen molar-refractivity contribution in [2.75, 3.05) is 4.90 Å². The molecule has 0 saturated carbocycles. The summed E-state index contributed by atoms with van der Waals surface area (Å²) in [6, 6.07) is 44.9. The van der Waals surface area contributed by atoms with Gasteiger partial charge in [-0.2, -0.15) is 0 Å². The number of anilines is 2. The second-order valence-electron chi connectivity index (χ2n) is 11.4. The Morgan fingerprint density at radius 2 is 1.12 bits per heavy atom. The fraction of sp³-hybridized carbons (Fsp3) is 0.158. The molecule has 3 atom stereocenters. The Kier molecular flexibility index (Phi) is 5.41. The maximum atomic E-state index is 2.62. The summed E-state index contributed by atoms with van der Waals surface area (Å²) in [6.07, 6.45) is 7.26. The maximum Gasteiger partial charge on any atom is 0.0592 e. The van der Waals surface area contributed by atoms with Crippen LogP contribution < -0.4 is 4.90 Å². The lowest BCUT2D eigenvalue weighted by Crippen LogP contribution is -2.28. The van der Waals surface area contributed by atoms with Gasteiger partial charge < -0.3 is 9.47 Å². The smallest absolute Gasteiger partial charge is 0.0592 e. The molecule has 6 aromatic rings. The Balaban J connectivity index is 1.37. The van der Waals surface area contributed by atoms with Gasteiger partial charge in [0.15, 0.2) is 0 Å². The van der Waals surface area contributed by atoms with E-state index in [2.05, 4.69) is 150 Å². The molecule has 2 unspecified atom stereocenters. The van der Waals surface area contributed by atoms with Gasteiger partial charge >= 0.3 is 0 Å². The monoisotopic (exact) mass is 516 g/mol. The SMILES string of the molecule is CC1CC=C[C@H]2C(C1)c1ccccc1N2c1ccccc1-c1ccccc1-n1c2ccccc2c2ccccc21. The first-order valence-electron chi connectivity index (χ1n) is 14.5. The van der Waals surface area contributed by atoms with E-state index in [4.69, 9.17) is 0 Å². The van der Waals surface area contributed by atoms with Crippen molar-refractivity contribution in [2.45, 2.75) is 31.7 Å². The molecule has 0 spiro atoms. The van der Waals surface area contributed by atoms with Gasteiger partial charge in [-0.05, 0) is 54.7 Å². The number of allylic oxidation sites excluding steroid dienone is 1. The third-order valence-electron chi connectivity index (χ3n) is 9.01. The highest BCUT2D eigenvalue weighted by Gasteiger charge is 2.39. The molecule has 2 heteroatoms. The number of benzene rings is 5. The predicted octanol–water partition coefficient (Wildman–Crippen LogP) is 10.0. The van der Waals surface area contributed by atoms with E-state index < -0.39 is 0 Å². The third-order valence-corrected chi connectivity index (χ3v) is 9.01. The summed E-state index contributed by atoms with van der Waals surface area (Å²) in [5, 5.41) is 2.57. The highest BCUT2D eigenvalue weighted by Crippen LogP contribution is 2.52.